The Morgan fingerprint density at radius 2 is 1.19 bits per heavy atom. The number of rotatable bonds is 5. The van der Waals surface area contributed by atoms with Crippen LogP contribution in [0.4, 0.5) is 0 Å². The molecule has 0 bridgehead atoms. The van der Waals surface area contributed by atoms with Gasteiger partial charge in [0.1, 0.15) is 12.2 Å². The van der Waals surface area contributed by atoms with E-state index in [1.54, 1.807) is 38.2 Å². The summed E-state index contributed by atoms with van der Waals surface area (Å²) < 4.78 is 9.75. The van der Waals surface area contributed by atoms with Crippen molar-refractivity contribution in [3.05, 3.63) is 24.3 Å². The van der Waals surface area contributed by atoms with E-state index in [1.165, 1.54) is 13.8 Å². The molecule has 0 aromatic carbocycles. The fraction of sp³-hybridized carbons (Fsp3) is 0.500. The monoisotopic (exact) mass is 226 g/mol. The van der Waals surface area contributed by atoms with E-state index in [1.807, 2.05) is 0 Å². The van der Waals surface area contributed by atoms with E-state index in [0.717, 1.165) is 0 Å². The van der Waals surface area contributed by atoms with Gasteiger partial charge in [0.15, 0.2) is 0 Å². The zero-order valence-electron chi connectivity index (χ0n) is 10.1. The molecule has 0 aliphatic rings. The Bertz CT molecular complexity index is 261. The maximum Gasteiger partial charge on any atom is 0.303 e. The highest BCUT2D eigenvalue weighted by Crippen LogP contribution is 1.96. The molecule has 4 nitrogen and oxygen atoms in total. The summed E-state index contributed by atoms with van der Waals surface area (Å²) in [7, 11) is 0. The van der Waals surface area contributed by atoms with Gasteiger partial charge in [0.2, 0.25) is 0 Å². The van der Waals surface area contributed by atoms with E-state index in [4.69, 9.17) is 9.47 Å². The van der Waals surface area contributed by atoms with E-state index in [-0.39, 0.29) is 24.1 Å². The summed E-state index contributed by atoms with van der Waals surface area (Å²) in [6, 6.07) is 0. The van der Waals surface area contributed by atoms with E-state index >= 15 is 0 Å². The highest BCUT2D eigenvalue weighted by Gasteiger charge is 1.99. The normalized spacial score (nSPS) is 15.0. The lowest BCUT2D eigenvalue weighted by Gasteiger charge is -2.06. The number of esters is 2. The van der Waals surface area contributed by atoms with Gasteiger partial charge in [-0.05, 0) is 26.0 Å². The van der Waals surface area contributed by atoms with Crippen LogP contribution in [-0.4, -0.2) is 24.1 Å². The molecule has 0 saturated heterocycles. The van der Waals surface area contributed by atoms with Crippen molar-refractivity contribution in [2.24, 2.45) is 0 Å². The molecule has 0 spiro atoms. The molecule has 90 valence electrons. The summed E-state index contributed by atoms with van der Waals surface area (Å²) in [4.78, 5) is 21.2. The van der Waals surface area contributed by atoms with Crippen LogP contribution in [0.25, 0.3) is 0 Å². The van der Waals surface area contributed by atoms with Gasteiger partial charge in [0, 0.05) is 13.8 Å². The van der Waals surface area contributed by atoms with Crippen LogP contribution in [0.3, 0.4) is 0 Å². The quantitative estimate of drug-likeness (QED) is 0.531. The summed E-state index contributed by atoms with van der Waals surface area (Å²) in [6.07, 6.45) is 6.44. The molecule has 0 N–H and O–H groups in total. The van der Waals surface area contributed by atoms with Gasteiger partial charge in [-0.1, -0.05) is 12.2 Å². The van der Waals surface area contributed by atoms with Crippen molar-refractivity contribution in [2.75, 3.05) is 0 Å². The first-order valence-corrected chi connectivity index (χ1v) is 5.11. The van der Waals surface area contributed by atoms with Gasteiger partial charge in [0.05, 0.1) is 0 Å². The third-order valence-electron chi connectivity index (χ3n) is 1.58. The van der Waals surface area contributed by atoms with E-state index in [9.17, 15) is 9.59 Å². The molecule has 0 heterocycles. The van der Waals surface area contributed by atoms with Crippen molar-refractivity contribution >= 4 is 11.9 Å². The van der Waals surface area contributed by atoms with Crippen LogP contribution in [0.15, 0.2) is 24.3 Å². The molecular formula is C12H18O4. The van der Waals surface area contributed by atoms with Gasteiger partial charge in [-0.25, -0.2) is 0 Å². The van der Waals surface area contributed by atoms with E-state index < -0.39 is 0 Å². The topological polar surface area (TPSA) is 52.6 Å². The number of hydrogen-bond acceptors (Lipinski definition) is 4. The highest BCUT2D eigenvalue weighted by molar-refractivity contribution is 5.66. The summed E-state index contributed by atoms with van der Waals surface area (Å²) >= 11 is 0. The number of carbonyl (C=O) groups is 2. The molecule has 0 aromatic heterocycles. The van der Waals surface area contributed by atoms with Crippen molar-refractivity contribution in [1.82, 2.24) is 0 Å². The molecular weight excluding hydrogens is 208 g/mol. The summed E-state index contributed by atoms with van der Waals surface area (Å²) in [5.41, 5.74) is 0. The van der Waals surface area contributed by atoms with Crippen LogP contribution in [0.1, 0.15) is 27.7 Å². The lowest BCUT2D eigenvalue weighted by Crippen LogP contribution is -2.09. The molecule has 0 saturated carbocycles. The first-order chi connectivity index (χ1) is 7.41. The molecule has 0 rings (SSSR count). The van der Waals surface area contributed by atoms with Crippen LogP contribution >= 0.6 is 0 Å². The van der Waals surface area contributed by atoms with Crippen molar-refractivity contribution in [1.29, 1.82) is 0 Å². The maximum atomic E-state index is 10.6. The molecule has 0 aliphatic heterocycles. The lowest BCUT2D eigenvalue weighted by molar-refractivity contribution is -0.144. The van der Waals surface area contributed by atoms with Crippen molar-refractivity contribution in [3.63, 3.8) is 0 Å². The van der Waals surface area contributed by atoms with Crippen LogP contribution in [0, 0.1) is 0 Å². The van der Waals surface area contributed by atoms with Gasteiger partial charge in [-0.3, -0.25) is 9.59 Å². The van der Waals surface area contributed by atoms with Crippen molar-refractivity contribution in [3.8, 4) is 0 Å². The third kappa shape index (κ3) is 8.99. The molecule has 16 heavy (non-hydrogen) atoms. The molecule has 4 heteroatoms. The van der Waals surface area contributed by atoms with E-state index in [0.29, 0.717) is 0 Å². The summed E-state index contributed by atoms with van der Waals surface area (Å²) in [5.74, 6) is -0.621. The Labute approximate surface area is 95.9 Å². The fourth-order valence-electron chi connectivity index (χ4n) is 1.04. The highest BCUT2D eigenvalue weighted by atomic mass is 16.5. The lowest BCUT2D eigenvalue weighted by atomic mass is 10.3. The summed E-state index contributed by atoms with van der Waals surface area (Å²) in [5, 5.41) is 0. The standard InChI is InChI=1S/C12H18O4/c1-9(15-11(3)13)7-5-6-8-10(2)16-12(4)14/h5-10H,1-4H3. The predicted octanol–water partition coefficient (Wildman–Crippen LogP) is 2.00. The van der Waals surface area contributed by atoms with Gasteiger partial charge in [0.25, 0.3) is 0 Å². The van der Waals surface area contributed by atoms with Gasteiger partial charge >= 0.3 is 11.9 Å². The Balaban J connectivity index is 3.93. The largest absolute Gasteiger partial charge is 0.459 e. The zero-order chi connectivity index (χ0) is 12.6. The Kier molecular flexibility index (Phi) is 6.92. The Morgan fingerprint density at radius 3 is 1.44 bits per heavy atom. The average molecular weight is 226 g/mol. The second-order valence-corrected chi connectivity index (χ2v) is 3.40. The number of carbonyl (C=O) groups excluding carboxylic acids is 2. The van der Waals surface area contributed by atoms with Gasteiger partial charge in [-0.2, -0.15) is 0 Å². The Hall–Kier alpha value is -1.58. The molecule has 0 aliphatic carbocycles. The molecule has 0 radical (unpaired) electrons. The van der Waals surface area contributed by atoms with Gasteiger partial charge in [-0.15, -0.1) is 0 Å². The Morgan fingerprint density at radius 1 is 0.875 bits per heavy atom. The molecule has 0 amide bonds. The first-order valence-electron chi connectivity index (χ1n) is 5.11. The molecule has 2 atom stereocenters. The summed E-state index contributed by atoms with van der Waals surface area (Å²) in [6.45, 7) is 6.26. The van der Waals surface area contributed by atoms with Gasteiger partial charge < -0.3 is 9.47 Å². The first kappa shape index (κ1) is 14.4. The van der Waals surface area contributed by atoms with Crippen molar-refractivity contribution in [2.45, 2.75) is 39.9 Å². The fourth-order valence-corrected chi connectivity index (χ4v) is 1.04. The van der Waals surface area contributed by atoms with Crippen LogP contribution in [0.2, 0.25) is 0 Å². The van der Waals surface area contributed by atoms with Crippen LogP contribution in [-0.2, 0) is 19.1 Å². The predicted molar refractivity (Wildman–Crippen MR) is 60.7 cm³/mol. The average Bonchev–Trinajstić information content (AvgIpc) is 2.10. The molecule has 0 aromatic rings. The minimum absolute atomic E-state index is 0.258. The minimum Gasteiger partial charge on any atom is -0.459 e. The maximum absolute atomic E-state index is 10.6. The smallest absolute Gasteiger partial charge is 0.303 e. The van der Waals surface area contributed by atoms with Crippen LogP contribution < -0.4 is 0 Å². The SMILES string of the molecule is CC(=O)OC(C)C=CC=CC(C)OC(C)=O. The van der Waals surface area contributed by atoms with Crippen molar-refractivity contribution < 1.29 is 19.1 Å². The van der Waals surface area contributed by atoms with E-state index in [2.05, 4.69) is 0 Å². The minimum atomic E-state index is -0.311. The second kappa shape index (κ2) is 7.68. The number of allylic oxidation sites excluding steroid dienone is 2. The zero-order valence-corrected chi connectivity index (χ0v) is 10.1. The van der Waals surface area contributed by atoms with Crippen LogP contribution in [0.5, 0.6) is 0 Å². The number of ether oxygens (including phenoxy) is 2. The molecule has 2 unspecified atom stereocenters. The second-order valence-electron chi connectivity index (χ2n) is 3.40. The number of hydrogen-bond donors (Lipinski definition) is 0. The molecule has 0 fully saturated rings. The third-order valence-corrected chi connectivity index (χ3v) is 1.58.